The SMILES string of the molecule is Nc1cc(Br)cc(F)c1CO. The minimum Gasteiger partial charge on any atom is -0.398 e. The molecule has 0 atom stereocenters. The van der Waals surface area contributed by atoms with Gasteiger partial charge in [0.25, 0.3) is 0 Å². The van der Waals surface area contributed by atoms with Crippen LogP contribution in [-0.2, 0) is 6.61 Å². The Bertz CT molecular complexity index is 254. The predicted molar refractivity (Wildman–Crippen MR) is 44.4 cm³/mol. The second-order valence-electron chi connectivity index (χ2n) is 2.11. The zero-order valence-corrected chi connectivity index (χ0v) is 7.23. The van der Waals surface area contributed by atoms with Crippen molar-refractivity contribution in [3.8, 4) is 0 Å². The summed E-state index contributed by atoms with van der Waals surface area (Å²) in [5.41, 5.74) is 5.81. The first-order valence-corrected chi connectivity index (χ1v) is 3.78. The molecule has 0 radical (unpaired) electrons. The molecule has 0 fully saturated rings. The van der Waals surface area contributed by atoms with Gasteiger partial charge in [0.2, 0.25) is 0 Å². The van der Waals surface area contributed by atoms with Gasteiger partial charge in [0, 0.05) is 15.7 Å². The standard InChI is InChI=1S/C7H7BrFNO/c8-4-1-6(9)5(3-11)7(10)2-4/h1-2,11H,3,10H2. The van der Waals surface area contributed by atoms with E-state index >= 15 is 0 Å². The van der Waals surface area contributed by atoms with Crippen molar-refractivity contribution in [2.75, 3.05) is 5.73 Å². The van der Waals surface area contributed by atoms with Crippen LogP contribution in [0.5, 0.6) is 0 Å². The average Bonchev–Trinajstić information content (AvgIpc) is 1.85. The van der Waals surface area contributed by atoms with Crippen LogP contribution in [0.15, 0.2) is 16.6 Å². The van der Waals surface area contributed by atoms with E-state index in [2.05, 4.69) is 15.9 Å². The summed E-state index contributed by atoms with van der Waals surface area (Å²) in [7, 11) is 0. The van der Waals surface area contributed by atoms with Crippen molar-refractivity contribution in [2.45, 2.75) is 6.61 Å². The first-order chi connectivity index (χ1) is 5.15. The highest BCUT2D eigenvalue weighted by molar-refractivity contribution is 9.10. The third-order valence-corrected chi connectivity index (χ3v) is 1.81. The van der Waals surface area contributed by atoms with E-state index in [1.54, 1.807) is 6.07 Å². The van der Waals surface area contributed by atoms with Crippen LogP contribution in [0.3, 0.4) is 0 Å². The topological polar surface area (TPSA) is 46.2 Å². The molecule has 0 aliphatic heterocycles. The molecule has 0 bridgehead atoms. The average molecular weight is 220 g/mol. The van der Waals surface area contributed by atoms with Gasteiger partial charge in [-0.15, -0.1) is 0 Å². The zero-order valence-electron chi connectivity index (χ0n) is 5.64. The van der Waals surface area contributed by atoms with E-state index < -0.39 is 5.82 Å². The summed E-state index contributed by atoms with van der Waals surface area (Å²) < 4.78 is 13.4. The van der Waals surface area contributed by atoms with Crippen LogP contribution >= 0.6 is 15.9 Å². The van der Waals surface area contributed by atoms with Gasteiger partial charge in [-0.1, -0.05) is 15.9 Å². The number of halogens is 2. The monoisotopic (exact) mass is 219 g/mol. The summed E-state index contributed by atoms with van der Waals surface area (Å²) in [6.45, 7) is -0.370. The molecule has 1 aromatic rings. The lowest BCUT2D eigenvalue weighted by Crippen LogP contribution is -1.97. The number of anilines is 1. The van der Waals surface area contributed by atoms with Crippen LogP contribution in [0.1, 0.15) is 5.56 Å². The molecule has 60 valence electrons. The smallest absolute Gasteiger partial charge is 0.131 e. The maximum absolute atomic E-state index is 12.8. The Balaban J connectivity index is 3.25. The first kappa shape index (κ1) is 8.49. The normalized spacial score (nSPS) is 10.1. The lowest BCUT2D eigenvalue weighted by Gasteiger charge is -2.03. The molecule has 2 nitrogen and oxygen atoms in total. The van der Waals surface area contributed by atoms with Crippen molar-refractivity contribution in [1.29, 1.82) is 0 Å². The number of aliphatic hydroxyl groups is 1. The highest BCUT2D eigenvalue weighted by atomic mass is 79.9. The molecule has 0 spiro atoms. The van der Waals surface area contributed by atoms with Gasteiger partial charge in [0.05, 0.1) is 6.61 Å². The summed E-state index contributed by atoms with van der Waals surface area (Å²) in [6, 6.07) is 2.82. The second-order valence-corrected chi connectivity index (χ2v) is 3.03. The summed E-state index contributed by atoms with van der Waals surface area (Å²) in [5.74, 6) is -0.487. The van der Waals surface area contributed by atoms with Crippen molar-refractivity contribution in [3.05, 3.63) is 28.0 Å². The molecule has 0 aliphatic carbocycles. The Morgan fingerprint density at radius 3 is 2.64 bits per heavy atom. The van der Waals surface area contributed by atoms with E-state index in [1.807, 2.05) is 0 Å². The van der Waals surface area contributed by atoms with Crippen molar-refractivity contribution in [1.82, 2.24) is 0 Å². The van der Waals surface area contributed by atoms with Gasteiger partial charge < -0.3 is 10.8 Å². The molecule has 4 heteroatoms. The van der Waals surface area contributed by atoms with E-state index in [1.165, 1.54) is 6.07 Å². The van der Waals surface area contributed by atoms with Gasteiger partial charge in [-0.3, -0.25) is 0 Å². The summed E-state index contributed by atoms with van der Waals surface area (Å²) in [4.78, 5) is 0. The summed E-state index contributed by atoms with van der Waals surface area (Å²) in [6.07, 6.45) is 0. The molecule has 0 saturated heterocycles. The molecule has 0 saturated carbocycles. The third kappa shape index (κ3) is 1.70. The van der Waals surface area contributed by atoms with Gasteiger partial charge in [-0.05, 0) is 12.1 Å². The Morgan fingerprint density at radius 2 is 2.18 bits per heavy atom. The molecule has 0 aromatic heterocycles. The third-order valence-electron chi connectivity index (χ3n) is 1.35. The Kier molecular flexibility index (Phi) is 2.46. The Morgan fingerprint density at radius 1 is 1.55 bits per heavy atom. The predicted octanol–water partition coefficient (Wildman–Crippen LogP) is 1.66. The van der Waals surface area contributed by atoms with Crippen LogP contribution < -0.4 is 5.73 Å². The van der Waals surface area contributed by atoms with Crippen molar-refractivity contribution in [2.24, 2.45) is 0 Å². The molecule has 0 amide bonds. The molecule has 11 heavy (non-hydrogen) atoms. The minimum atomic E-state index is -0.487. The molecule has 3 N–H and O–H groups in total. The fourth-order valence-corrected chi connectivity index (χ4v) is 1.24. The number of hydrogen-bond donors (Lipinski definition) is 2. The molecular formula is C7H7BrFNO. The van der Waals surface area contributed by atoms with Gasteiger partial charge in [-0.2, -0.15) is 0 Å². The zero-order chi connectivity index (χ0) is 8.43. The molecule has 0 aliphatic rings. The number of rotatable bonds is 1. The number of benzene rings is 1. The fourth-order valence-electron chi connectivity index (χ4n) is 0.790. The van der Waals surface area contributed by atoms with Crippen molar-refractivity contribution < 1.29 is 9.50 Å². The molecule has 0 unspecified atom stereocenters. The van der Waals surface area contributed by atoms with Crippen LogP contribution in [-0.4, -0.2) is 5.11 Å². The van der Waals surface area contributed by atoms with Crippen LogP contribution in [0.4, 0.5) is 10.1 Å². The molecule has 1 rings (SSSR count). The lowest BCUT2D eigenvalue weighted by atomic mass is 10.2. The Labute approximate surface area is 72.0 Å². The number of nitrogens with two attached hydrogens (primary N) is 1. The van der Waals surface area contributed by atoms with E-state index in [9.17, 15) is 4.39 Å². The van der Waals surface area contributed by atoms with Gasteiger partial charge in [-0.25, -0.2) is 4.39 Å². The maximum Gasteiger partial charge on any atom is 0.131 e. The lowest BCUT2D eigenvalue weighted by molar-refractivity contribution is 0.276. The largest absolute Gasteiger partial charge is 0.398 e. The van der Waals surface area contributed by atoms with Crippen LogP contribution in [0.2, 0.25) is 0 Å². The first-order valence-electron chi connectivity index (χ1n) is 2.99. The Hall–Kier alpha value is -0.610. The molecular weight excluding hydrogens is 213 g/mol. The summed E-state index contributed by atoms with van der Waals surface area (Å²) >= 11 is 3.07. The van der Waals surface area contributed by atoms with Gasteiger partial charge >= 0.3 is 0 Å². The maximum atomic E-state index is 12.8. The van der Waals surface area contributed by atoms with Gasteiger partial charge in [0.1, 0.15) is 5.82 Å². The highest BCUT2D eigenvalue weighted by Gasteiger charge is 2.05. The van der Waals surface area contributed by atoms with Crippen molar-refractivity contribution in [3.63, 3.8) is 0 Å². The molecule has 1 aromatic carbocycles. The number of hydrogen-bond acceptors (Lipinski definition) is 2. The van der Waals surface area contributed by atoms with Crippen LogP contribution in [0, 0.1) is 5.82 Å². The molecule has 0 heterocycles. The van der Waals surface area contributed by atoms with E-state index in [0.29, 0.717) is 4.47 Å². The van der Waals surface area contributed by atoms with E-state index in [0.717, 1.165) is 0 Å². The van der Waals surface area contributed by atoms with Crippen molar-refractivity contribution >= 4 is 21.6 Å². The van der Waals surface area contributed by atoms with Gasteiger partial charge in [0.15, 0.2) is 0 Å². The van der Waals surface area contributed by atoms with Crippen LogP contribution in [0.25, 0.3) is 0 Å². The number of aliphatic hydroxyl groups excluding tert-OH is 1. The fraction of sp³-hybridized carbons (Fsp3) is 0.143. The highest BCUT2D eigenvalue weighted by Crippen LogP contribution is 2.21. The second kappa shape index (κ2) is 3.19. The minimum absolute atomic E-state index is 0.146. The van der Waals surface area contributed by atoms with E-state index in [4.69, 9.17) is 10.8 Å². The number of nitrogen functional groups attached to an aromatic ring is 1. The quantitative estimate of drug-likeness (QED) is 0.707. The van der Waals surface area contributed by atoms with E-state index in [-0.39, 0.29) is 17.9 Å². The summed E-state index contributed by atoms with van der Waals surface area (Å²) in [5, 5.41) is 8.65.